The fourth-order valence-corrected chi connectivity index (χ4v) is 3.53. The number of nitrogens with two attached hydrogens (primary N) is 1. The van der Waals surface area contributed by atoms with Gasteiger partial charge in [0.15, 0.2) is 5.06 Å². The average Bonchev–Trinajstić information content (AvgIpc) is 3.05. The Labute approximate surface area is 160 Å². The first kappa shape index (κ1) is 17.8. The SMILES string of the molecule is N#Cc1c(-c2ccc(Cl)c(Cl)c2)csc1OCc1ccc(CN)cc1. The van der Waals surface area contributed by atoms with Crippen LogP contribution in [0.5, 0.6) is 5.06 Å². The lowest BCUT2D eigenvalue weighted by atomic mass is 10.1. The zero-order valence-electron chi connectivity index (χ0n) is 13.1. The molecule has 3 nitrogen and oxygen atoms in total. The van der Waals surface area contributed by atoms with Crippen LogP contribution in [0.25, 0.3) is 11.1 Å². The second-order valence-corrected chi connectivity index (χ2v) is 7.02. The predicted molar refractivity (Wildman–Crippen MR) is 103 cm³/mol. The van der Waals surface area contributed by atoms with E-state index >= 15 is 0 Å². The number of nitriles is 1. The van der Waals surface area contributed by atoms with E-state index in [-0.39, 0.29) is 0 Å². The summed E-state index contributed by atoms with van der Waals surface area (Å²) >= 11 is 13.4. The molecule has 0 spiro atoms. The molecule has 0 radical (unpaired) electrons. The van der Waals surface area contributed by atoms with Crippen LogP contribution in [0.4, 0.5) is 0 Å². The van der Waals surface area contributed by atoms with Crippen molar-refractivity contribution in [1.82, 2.24) is 0 Å². The standard InChI is InChI=1S/C19H14Cl2N2OS/c20-17-6-5-14(7-18(17)21)16-11-25-19(15(16)9-23)24-10-13-3-1-12(8-22)2-4-13/h1-7,11H,8,10,22H2. The van der Waals surface area contributed by atoms with Gasteiger partial charge in [0.25, 0.3) is 0 Å². The third-order valence-corrected chi connectivity index (χ3v) is 5.36. The van der Waals surface area contributed by atoms with Crippen LogP contribution in [-0.4, -0.2) is 0 Å². The first-order valence-electron chi connectivity index (χ1n) is 7.50. The molecule has 3 aromatic rings. The van der Waals surface area contributed by atoms with Gasteiger partial charge in [-0.1, -0.05) is 53.5 Å². The molecule has 2 aromatic carbocycles. The summed E-state index contributed by atoms with van der Waals surface area (Å²) in [6, 6.07) is 15.4. The maximum absolute atomic E-state index is 9.54. The molecule has 0 saturated carbocycles. The molecule has 0 aliphatic rings. The fourth-order valence-electron chi connectivity index (χ4n) is 2.35. The van der Waals surface area contributed by atoms with Crippen LogP contribution in [-0.2, 0) is 13.2 Å². The van der Waals surface area contributed by atoms with Crippen molar-refractivity contribution in [3.63, 3.8) is 0 Å². The molecular formula is C19H14Cl2N2OS. The molecule has 0 atom stereocenters. The van der Waals surface area contributed by atoms with Gasteiger partial charge < -0.3 is 10.5 Å². The Hall–Kier alpha value is -2.03. The zero-order chi connectivity index (χ0) is 17.8. The molecule has 0 unspecified atom stereocenters. The van der Waals surface area contributed by atoms with Crippen molar-refractivity contribution in [1.29, 1.82) is 5.26 Å². The summed E-state index contributed by atoms with van der Waals surface area (Å²) in [6.45, 7) is 0.901. The highest BCUT2D eigenvalue weighted by Crippen LogP contribution is 2.38. The number of halogens is 2. The molecule has 0 saturated heterocycles. The second-order valence-electron chi connectivity index (χ2n) is 5.36. The second kappa shape index (κ2) is 7.90. The highest BCUT2D eigenvalue weighted by atomic mass is 35.5. The minimum Gasteiger partial charge on any atom is -0.478 e. The smallest absolute Gasteiger partial charge is 0.192 e. The lowest BCUT2D eigenvalue weighted by Crippen LogP contribution is -1.98. The Balaban J connectivity index is 1.82. The number of hydrogen-bond donors (Lipinski definition) is 1. The molecule has 0 aliphatic carbocycles. The highest BCUT2D eigenvalue weighted by Gasteiger charge is 2.15. The molecule has 0 bridgehead atoms. The fraction of sp³-hybridized carbons (Fsp3) is 0.105. The summed E-state index contributed by atoms with van der Waals surface area (Å²) in [5, 5.41) is 13.0. The highest BCUT2D eigenvalue weighted by molar-refractivity contribution is 7.12. The van der Waals surface area contributed by atoms with Crippen LogP contribution >= 0.6 is 34.5 Å². The third-order valence-electron chi connectivity index (χ3n) is 3.73. The van der Waals surface area contributed by atoms with Crippen molar-refractivity contribution in [2.75, 3.05) is 0 Å². The number of nitrogens with zero attached hydrogens (tertiary/aromatic N) is 1. The van der Waals surface area contributed by atoms with Crippen LogP contribution in [0.2, 0.25) is 10.0 Å². The Bertz CT molecular complexity index is 930. The Kier molecular flexibility index (Phi) is 5.62. The maximum Gasteiger partial charge on any atom is 0.192 e. The van der Waals surface area contributed by atoms with E-state index in [0.29, 0.717) is 33.8 Å². The molecular weight excluding hydrogens is 375 g/mol. The van der Waals surface area contributed by atoms with E-state index in [1.807, 2.05) is 35.7 Å². The lowest BCUT2D eigenvalue weighted by molar-refractivity contribution is 0.315. The summed E-state index contributed by atoms with van der Waals surface area (Å²) in [5.41, 5.74) is 9.82. The minimum atomic E-state index is 0.390. The van der Waals surface area contributed by atoms with E-state index in [1.54, 1.807) is 12.1 Å². The maximum atomic E-state index is 9.54. The van der Waals surface area contributed by atoms with Crippen LogP contribution < -0.4 is 10.5 Å². The molecule has 1 heterocycles. The van der Waals surface area contributed by atoms with E-state index < -0.39 is 0 Å². The van der Waals surface area contributed by atoms with Gasteiger partial charge in [0.05, 0.1) is 10.0 Å². The number of ether oxygens (including phenoxy) is 1. The van der Waals surface area contributed by atoms with Gasteiger partial charge in [0, 0.05) is 17.5 Å². The molecule has 0 amide bonds. The summed E-state index contributed by atoms with van der Waals surface area (Å²) < 4.78 is 5.85. The summed E-state index contributed by atoms with van der Waals surface area (Å²) in [5.74, 6) is 0. The normalized spacial score (nSPS) is 10.5. The number of hydrogen-bond acceptors (Lipinski definition) is 4. The van der Waals surface area contributed by atoms with Gasteiger partial charge in [-0.25, -0.2) is 0 Å². The Morgan fingerprint density at radius 1 is 1.04 bits per heavy atom. The quantitative estimate of drug-likeness (QED) is 0.615. The van der Waals surface area contributed by atoms with E-state index in [2.05, 4.69) is 6.07 Å². The van der Waals surface area contributed by atoms with E-state index in [1.165, 1.54) is 11.3 Å². The first-order valence-corrected chi connectivity index (χ1v) is 9.13. The van der Waals surface area contributed by atoms with Gasteiger partial charge in [0.1, 0.15) is 18.2 Å². The number of thiophene rings is 1. The lowest BCUT2D eigenvalue weighted by Gasteiger charge is -2.06. The molecule has 3 rings (SSSR count). The van der Waals surface area contributed by atoms with Crippen molar-refractivity contribution in [3.05, 3.63) is 74.6 Å². The van der Waals surface area contributed by atoms with E-state index in [9.17, 15) is 5.26 Å². The summed E-state index contributed by atoms with van der Waals surface area (Å²) in [7, 11) is 0. The van der Waals surface area contributed by atoms with Crippen molar-refractivity contribution in [2.24, 2.45) is 5.73 Å². The molecule has 0 fully saturated rings. The summed E-state index contributed by atoms with van der Waals surface area (Å²) in [4.78, 5) is 0. The zero-order valence-corrected chi connectivity index (χ0v) is 15.5. The van der Waals surface area contributed by atoms with Crippen LogP contribution in [0.15, 0.2) is 47.8 Å². The predicted octanol–water partition coefficient (Wildman–Crippen LogP) is 5.63. The Morgan fingerprint density at radius 3 is 2.40 bits per heavy atom. The minimum absolute atomic E-state index is 0.390. The van der Waals surface area contributed by atoms with Crippen molar-refractivity contribution >= 4 is 34.5 Å². The topological polar surface area (TPSA) is 59.0 Å². The number of rotatable bonds is 5. The van der Waals surface area contributed by atoms with Crippen LogP contribution in [0, 0.1) is 11.3 Å². The third kappa shape index (κ3) is 3.97. The molecule has 25 heavy (non-hydrogen) atoms. The van der Waals surface area contributed by atoms with Crippen molar-refractivity contribution in [2.45, 2.75) is 13.2 Å². The molecule has 1 aromatic heterocycles. The Morgan fingerprint density at radius 2 is 1.76 bits per heavy atom. The van der Waals surface area contributed by atoms with Crippen LogP contribution in [0.1, 0.15) is 16.7 Å². The number of benzene rings is 2. The molecule has 0 aliphatic heterocycles. The van der Waals surface area contributed by atoms with E-state index in [4.69, 9.17) is 33.7 Å². The largest absolute Gasteiger partial charge is 0.478 e. The van der Waals surface area contributed by atoms with Gasteiger partial charge in [0.2, 0.25) is 0 Å². The van der Waals surface area contributed by atoms with Crippen molar-refractivity contribution < 1.29 is 4.74 Å². The first-order chi connectivity index (χ1) is 12.1. The van der Waals surface area contributed by atoms with Gasteiger partial charge in [-0.3, -0.25) is 0 Å². The average molecular weight is 389 g/mol. The van der Waals surface area contributed by atoms with Gasteiger partial charge >= 0.3 is 0 Å². The van der Waals surface area contributed by atoms with Crippen molar-refractivity contribution in [3.8, 4) is 22.3 Å². The monoisotopic (exact) mass is 388 g/mol. The molecule has 126 valence electrons. The summed E-state index contributed by atoms with van der Waals surface area (Å²) in [6.07, 6.45) is 0. The van der Waals surface area contributed by atoms with Crippen LogP contribution in [0.3, 0.4) is 0 Å². The van der Waals surface area contributed by atoms with Gasteiger partial charge in [-0.05, 0) is 28.8 Å². The van der Waals surface area contributed by atoms with E-state index in [0.717, 1.165) is 22.3 Å². The van der Waals surface area contributed by atoms with Gasteiger partial charge in [-0.2, -0.15) is 5.26 Å². The molecule has 2 N–H and O–H groups in total. The van der Waals surface area contributed by atoms with Gasteiger partial charge in [-0.15, -0.1) is 11.3 Å². The molecule has 6 heteroatoms.